The van der Waals surface area contributed by atoms with E-state index in [0.29, 0.717) is 24.3 Å². The van der Waals surface area contributed by atoms with Crippen molar-refractivity contribution in [1.82, 2.24) is 9.44 Å². The van der Waals surface area contributed by atoms with Gasteiger partial charge in [-0.25, -0.2) is 26.3 Å². The number of nitrogens with zero attached hydrogens (tertiary/aromatic N) is 1. The summed E-state index contributed by atoms with van der Waals surface area (Å²) in [4.78, 5) is 29.0. The lowest BCUT2D eigenvalue weighted by Crippen LogP contribution is -2.68. The van der Waals surface area contributed by atoms with E-state index in [-0.39, 0.29) is 53.7 Å². The molecule has 4 N–H and O–H groups in total. The third kappa shape index (κ3) is 13.2. The second-order valence-corrected chi connectivity index (χ2v) is 31.5. The summed E-state index contributed by atoms with van der Waals surface area (Å²) in [6.45, 7) is 13.2. The van der Waals surface area contributed by atoms with Gasteiger partial charge in [-0.3, -0.25) is 9.59 Å². The van der Waals surface area contributed by atoms with Crippen LogP contribution in [0.5, 0.6) is 0 Å². The number of benzene rings is 6. The summed E-state index contributed by atoms with van der Waals surface area (Å²) in [6, 6.07) is 52.8. The topological polar surface area (TPSA) is 180 Å². The van der Waals surface area contributed by atoms with E-state index in [1.165, 1.54) is 50.5 Å². The van der Waals surface area contributed by atoms with Crippen molar-refractivity contribution in [1.29, 1.82) is 0 Å². The Morgan fingerprint density at radius 2 is 0.986 bits per heavy atom. The molecule has 392 valence electrons. The normalized spacial score (nSPS) is 14.7. The molecule has 2 atom stereocenters. The van der Waals surface area contributed by atoms with Gasteiger partial charge in [0, 0.05) is 30.9 Å². The van der Waals surface area contributed by atoms with Crippen LogP contribution in [0, 0.1) is 0 Å². The summed E-state index contributed by atoms with van der Waals surface area (Å²) in [5.74, 6) is -0.497. The van der Waals surface area contributed by atoms with Crippen molar-refractivity contribution in [2.75, 3.05) is 37.5 Å². The van der Waals surface area contributed by atoms with Crippen molar-refractivity contribution >= 4 is 80.6 Å². The molecule has 13 nitrogen and oxygen atoms in total. The minimum atomic E-state index is -3.58. The van der Waals surface area contributed by atoms with Crippen LogP contribution in [0.3, 0.4) is 0 Å². The zero-order chi connectivity index (χ0) is 51.7. The minimum absolute atomic E-state index is 0. The zero-order valence-electron chi connectivity index (χ0n) is 41.6. The quantitative estimate of drug-likeness (QED) is 0.0677. The summed E-state index contributed by atoms with van der Waals surface area (Å²) < 4.78 is 66.7. The highest BCUT2D eigenvalue weighted by atomic mass is 32.2. The van der Waals surface area contributed by atoms with Crippen molar-refractivity contribution < 1.29 is 40.4 Å². The molecule has 7 rings (SSSR count). The predicted molar refractivity (Wildman–Crippen MR) is 301 cm³/mol. The van der Waals surface area contributed by atoms with Gasteiger partial charge in [-0.15, -0.1) is 0 Å². The average Bonchev–Trinajstić information content (AvgIpc) is 3.73. The lowest BCUT2D eigenvalue weighted by molar-refractivity contribution is -0.124. The molecule has 1 saturated heterocycles. The molecular formula is C56H74N4O9S2Si2. The number of carbonyl (C=O) groups is 2. The third-order valence-corrected chi connectivity index (χ3v) is 25.7. The standard InChI is InChI=1S/C27H34N2O5SSi.C27H32N2O4SSi.2CH4/c1-27(2,3)36(23-11-7-5-8-12-23,24-13-9-6-10-14-24)34-25(19-20-30)26(31)29-21-15-17-22(18-16-21)35(32,33)28-4;1-27(2,3)35(23-11-7-5-8-12-23,24-13-9-6-10-14-24)33-25-19-20-29(26(25)30)21-15-17-22(18-16-21)34(31,32)28-4;;/h5-18,25,28,30H,19-20H2,1-4H3,(H,29,31);5-18,25,28H,19-20H2,1-4H3;2*1H4/t2*25-;;/m11../s1. The van der Waals surface area contributed by atoms with Gasteiger partial charge in [0.15, 0.2) is 0 Å². The molecule has 0 unspecified atom stereocenters. The van der Waals surface area contributed by atoms with Crippen molar-refractivity contribution in [2.45, 2.75) is 101 Å². The van der Waals surface area contributed by atoms with Gasteiger partial charge in [-0.2, -0.15) is 0 Å². The van der Waals surface area contributed by atoms with Gasteiger partial charge < -0.3 is 24.2 Å². The number of aliphatic hydroxyl groups excluding tert-OH is 1. The summed E-state index contributed by atoms with van der Waals surface area (Å²) in [7, 11) is -10.3. The molecule has 2 amide bonds. The fourth-order valence-corrected chi connectivity index (χ4v) is 20.0. The first-order chi connectivity index (χ1) is 33.6. The number of hydrogen-bond acceptors (Lipinski definition) is 9. The Hall–Kier alpha value is -5.61. The molecule has 17 heteroatoms. The van der Waals surface area contributed by atoms with Crippen LogP contribution < -0.4 is 40.4 Å². The molecule has 0 spiro atoms. The summed E-state index contributed by atoms with van der Waals surface area (Å²) in [6.07, 6.45) is -0.827. The Balaban J connectivity index is 0.000000308. The Kier molecular flexibility index (Phi) is 20.6. The molecule has 0 saturated carbocycles. The second-order valence-electron chi connectivity index (χ2n) is 19.3. The van der Waals surface area contributed by atoms with Gasteiger partial charge >= 0.3 is 0 Å². The summed E-state index contributed by atoms with van der Waals surface area (Å²) in [5, 5.41) is 16.4. The Morgan fingerprint density at radius 1 is 0.616 bits per heavy atom. The van der Waals surface area contributed by atoms with Gasteiger partial charge in [0.05, 0.1) is 9.79 Å². The fraction of sp³-hybridized carbons (Fsp3) is 0.321. The van der Waals surface area contributed by atoms with Crippen molar-refractivity contribution in [2.24, 2.45) is 0 Å². The van der Waals surface area contributed by atoms with E-state index in [0.717, 1.165) is 20.7 Å². The highest BCUT2D eigenvalue weighted by Gasteiger charge is 2.54. The number of nitrogens with one attached hydrogen (secondary N) is 3. The molecule has 1 aliphatic rings. The Labute approximate surface area is 436 Å². The molecule has 73 heavy (non-hydrogen) atoms. The summed E-state index contributed by atoms with van der Waals surface area (Å²) in [5.41, 5.74) is 1.10. The van der Waals surface area contributed by atoms with E-state index >= 15 is 0 Å². The third-order valence-electron chi connectivity index (χ3n) is 12.7. The molecule has 1 heterocycles. The van der Waals surface area contributed by atoms with Crippen molar-refractivity contribution in [3.8, 4) is 0 Å². The number of carbonyl (C=O) groups excluding carboxylic acids is 2. The molecule has 6 aromatic rings. The maximum atomic E-state index is 13.6. The predicted octanol–water partition coefficient (Wildman–Crippen LogP) is 7.41. The molecule has 1 aliphatic heterocycles. The monoisotopic (exact) mass is 1070 g/mol. The van der Waals surface area contributed by atoms with E-state index in [4.69, 9.17) is 8.85 Å². The van der Waals surface area contributed by atoms with E-state index in [1.54, 1.807) is 17.0 Å². The SMILES string of the molecule is C.C.CNS(=O)(=O)c1ccc(N2CC[C@@H](O[Si](c3ccccc3)(c3ccccc3)C(C)(C)C)C2=O)cc1.CNS(=O)(=O)c1ccc(NC(=O)[C@@H](CCO)O[Si](c2ccccc2)(c2ccccc2)C(C)(C)C)cc1. The van der Waals surface area contributed by atoms with Gasteiger partial charge in [0.25, 0.3) is 28.4 Å². The molecule has 0 radical (unpaired) electrons. The van der Waals surface area contributed by atoms with Crippen LogP contribution in [-0.2, 0) is 38.5 Å². The van der Waals surface area contributed by atoms with Crippen LogP contribution in [0.2, 0.25) is 10.1 Å². The first kappa shape index (κ1) is 60.0. The van der Waals surface area contributed by atoms with Gasteiger partial charge in [-0.05, 0) is 99.9 Å². The van der Waals surface area contributed by atoms with Gasteiger partial charge in [-0.1, -0.05) is 178 Å². The molecule has 1 fully saturated rings. The van der Waals surface area contributed by atoms with E-state index in [9.17, 15) is 31.5 Å². The second kappa shape index (κ2) is 25.1. The smallest absolute Gasteiger partial charge is 0.262 e. The minimum Gasteiger partial charge on any atom is -0.396 e. The van der Waals surface area contributed by atoms with Crippen molar-refractivity contribution in [3.63, 3.8) is 0 Å². The fourth-order valence-electron chi connectivity index (χ4n) is 9.17. The van der Waals surface area contributed by atoms with Crippen LogP contribution in [0.1, 0.15) is 69.2 Å². The lowest BCUT2D eigenvalue weighted by atomic mass is 10.2. The molecule has 6 aromatic carbocycles. The van der Waals surface area contributed by atoms with Crippen LogP contribution in [0.25, 0.3) is 0 Å². The number of anilines is 2. The van der Waals surface area contributed by atoms with Crippen LogP contribution in [0.15, 0.2) is 180 Å². The molecular weight excluding hydrogens is 993 g/mol. The van der Waals surface area contributed by atoms with Crippen LogP contribution in [0.4, 0.5) is 11.4 Å². The number of hydrogen-bond donors (Lipinski definition) is 4. The number of rotatable bonds is 17. The Morgan fingerprint density at radius 3 is 1.34 bits per heavy atom. The van der Waals surface area contributed by atoms with Crippen LogP contribution >= 0.6 is 0 Å². The first-order valence-corrected chi connectivity index (χ1v) is 30.3. The maximum absolute atomic E-state index is 13.6. The highest BCUT2D eigenvalue weighted by molar-refractivity contribution is 7.89. The molecule has 0 bridgehead atoms. The van der Waals surface area contributed by atoms with E-state index in [2.05, 4.69) is 80.6 Å². The number of aliphatic hydroxyl groups is 1. The number of sulfonamides is 2. The average molecular weight is 1070 g/mol. The van der Waals surface area contributed by atoms with E-state index in [1.807, 2.05) is 97.1 Å². The zero-order valence-corrected chi connectivity index (χ0v) is 45.3. The first-order valence-electron chi connectivity index (χ1n) is 23.5. The van der Waals surface area contributed by atoms with E-state index < -0.39 is 54.8 Å². The van der Waals surface area contributed by atoms with Crippen LogP contribution in [-0.4, -0.2) is 89.8 Å². The highest BCUT2D eigenvalue weighted by Crippen LogP contribution is 2.40. The van der Waals surface area contributed by atoms with Gasteiger partial charge in [0.1, 0.15) is 12.2 Å². The largest absolute Gasteiger partial charge is 0.396 e. The molecule has 0 aromatic heterocycles. The van der Waals surface area contributed by atoms with Gasteiger partial charge in [0.2, 0.25) is 20.0 Å². The summed E-state index contributed by atoms with van der Waals surface area (Å²) >= 11 is 0. The number of amides is 2. The maximum Gasteiger partial charge on any atom is 0.262 e. The lowest BCUT2D eigenvalue weighted by Gasteiger charge is -2.44. The Bertz CT molecular complexity index is 2850. The van der Waals surface area contributed by atoms with Crippen molar-refractivity contribution in [3.05, 3.63) is 170 Å². The molecule has 0 aliphatic carbocycles.